The Kier molecular flexibility index (Phi) is 6.26. The molecule has 2 rings (SSSR count). The Balaban J connectivity index is 2.43. The first-order chi connectivity index (χ1) is 11.4. The molecule has 1 aliphatic heterocycles. The van der Waals surface area contributed by atoms with Crippen LogP contribution in [-0.4, -0.2) is 28.1 Å². The standard InChI is InChI=1S/C18H21ClO5/c1-11-7-5-3-2-4-6-8-12(20)9-13-16(18(23)24-11)14(21)10-15(22)17(13)19/h3,5,10-11,21-22H,2,4,6-9H2,1H3/b5-3+/t11-/m0/s1. The van der Waals surface area contributed by atoms with Gasteiger partial charge in [0.05, 0.1) is 5.02 Å². The second-order valence-electron chi connectivity index (χ2n) is 5.97. The van der Waals surface area contributed by atoms with Gasteiger partial charge in [-0.3, -0.25) is 4.79 Å². The summed E-state index contributed by atoms with van der Waals surface area (Å²) < 4.78 is 5.33. The van der Waals surface area contributed by atoms with Crippen LogP contribution in [0.2, 0.25) is 5.02 Å². The van der Waals surface area contributed by atoms with E-state index in [9.17, 15) is 19.8 Å². The molecule has 0 saturated carbocycles. The summed E-state index contributed by atoms with van der Waals surface area (Å²) in [5.74, 6) is -1.68. The minimum absolute atomic E-state index is 0.104. The molecule has 1 aromatic rings. The van der Waals surface area contributed by atoms with Crippen LogP contribution in [0.4, 0.5) is 0 Å². The highest BCUT2D eigenvalue weighted by molar-refractivity contribution is 6.33. The molecule has 24 heavy (non-hydrogen) atoms. The van der Waals surface area contributed by atoms with Crippen LogP contribution in [0.1, 0.15) is 54.9 Å². The van der Waals surface area contributed by atoms with Gasteiger partial charge in [0.15, 0.2) is 0 Å². The summed E-state index contributed by atoms with van der Waals surface area (Å²) in [6.45, 7) is 1.75. The molecule has 0 fully saturated rings. The lowest BCUT2D eigenvalue weighted by Gasteiger charge is -2.17. The Hall–Kier alpha value is -2.01. The second-order valence-corrected chi connectivity index (χ2v) is 6.34. The maximum atomic E-state index is 12.4. The minimum Gasteiger partial charge on any atom is -0.507 e. The van der Waals surface area contributed by atoms with Crippen LogP contribution in [0.15, 0.2) is 18.2 Å². The van der Waals surface area contributed by atoms with E-state index >= 15 is 0 Å². The van der Waals surface area contributed by atoms with E-state index in [0.29, 0.717) is 12.8 Å². The Labute approximate surface area is 145 Å². The summed E-state index contributed by atoms with van der Waals surface area (Å²) in [5.41, 5.74) is -0.0389. The van der Waals surface area contributed by atoms with E-state index in [0.717, 1.165) is 25.3 Å². The fourth-order valence-electron chi connectivity index (χ4n) is 2.64. The normalized spacial score (nSPS) is 21.5. The van der Waals surface area contributed by atoms with Gasteiger partial charge in [-0.1, -0.05) is 23.8 Å². The second kappa shape index (κ2) is 8.20. The number of esters is 1. The molecule has 0 radical (unpaired) electrons. The third-order valence-electron chi connectivity index (χ3n) is 3.92. The average molecular weight is 353 g/mol. The first kappa shape index (κ1) is 18.3. The van der Waals surface area contributed by atoms with Crippen molar-refractivity contribution in [3.8, 4) is 11.5 Å². The van der Waals surface area contributed by atoms with Crippen molar-refractivity contribution in [3.63, 3.8) is 0 Å². The molecular weight excluding hydrogens is 332 g/mol. The number of phenols is 2. The van der Waals surface area contributed by atoms with Crippen molar-refractivity contribution < 1.29 is 24.5 Å². The summed E-state index contributed by atoms with van der Waals surface area (Å²) >= 11 is 6.07. The topological polar surface area (TPSA) is 83.8 Å². The number of carbonyl (C=O) groups excluding carboxylic acids is 2. The smallest absolute Gasteiger partial charge is 0.342 e. The molecule has 0 aromatic heterocycles. The number of halogens is 1. The van der Waals surface area contributed by atoms with Crippen molar-refractivity contribution in [1.82, 2.24) is 0 Å². The zero-order valence-electron chi connectivity index (χ0n) is 13.5. The summed E-state index contributed by atoms with van der Waals surface area (Å²) in [5, 5.41) is 19.7. The van der Waals surface area contributed by atoms with Crippen LogP contribution in [0.5, 0.6) is 11.5 Å². The highest BCUT2D eigenvalue weighted by atomic mass is 35.5. The summed E-state index contributed by atoms with van der Waals surface area (Å²) in [6, 6.07) is 0.987. The van der Waals surface area contributed by atoms with E-state index in [1.807, 2.05) is 12.2 Å². The third-order valence-corrected chi connectivity index (χ3v) is 4.34. The monoisotopic (exact) mass is 352 g/mol. The van der Waals surface area contributed by atoms with Gasteiger partial charge in [-0.05, 0) is 26.2 Å². The van der Waals surface area contributed by atoms with Crippen molar-refractivity contribution in [2.45, 2.75) is 51.6 Å². The fourth-order valence-corrected chi connectivity index (χ4v) is 2.86. The molecule has 1 atom stereocenters. The highest BCUT2D eigenvalue weighted by Gasteiger charge is 2.26. The molecule has 2 N–H and O–H groups in total. The molecule has 0 unspecified atom stereocenters. The molecule has 1 aliphatic rings. The van der Waals surface area contributed by atoms with E-state index in [1.165, 1.54) is 0 Å². The number of allylic oxidation sites excluding steroid dienone is 1. The lowest BCUT2D eigenvalue weighted by Crippen LogP contribution is -2.18. The molecule has 0 aliphatic carbocycles. The third kappa shape index (κ3) is 4.51. The quantitative estimate of drug-likeness (QED) is 0.546. The number of Topliss-reactive ketones (excluding diaryl/α,β-unsaturated/α-hetero) is 1. The molecule has 1 heterocycles. The number of ketones is 1. The van der Waals surface area contributed by atoms with Crippen molar-refractivity contribution in [2.24, 2.45) is 0 Å². The Morgan fingerprint density at radius 2 is 1.92 bits per heavy atom. The van der Waals surface area contributed by atoms with Gasteiger partial charge in [0, 0.05) is 30.9 Å². The van der Waals surface area contributed by atoms with Crippen molar-refractivity contribution >= 4 is 23.4 Å². The molecule has 0 bridgehead atoms. The lowest BCUT2D eigenvalue weighted by atomic mass is 9.98. The number of benzene rings is 1. The number of ether oxygens (including phenoxy) is 1. The molecule has 0 amide bonds. The largest absolute Gasteiger partial charge is 0.507 e. The van der Waals surface area contributed by atoms with Gasteiger partial charge >= 0.3 is 5.97 Å². The van der Waals surface area contributed by atoms with E-state index < -0.39 is 11.7 Å². The van der Waals surface area contributed by atoms with Crippen molar-refractivity contribution in [1.29, 1.82) is 0 Å². The van der Waals surface area contributed by atoms with E-state index in [2.05, 4.69) is 0 Å². The van der Waals surface area contributed by atoms with Gasteiger partial charge < -0.3 is 14.9 Å². The highest BCUT2D eigenvalue weighted by Crippen LogP contribution is 2.37. The van der Waals surface area contributed by atoms with E-state index in [4.69, 9.17) is 16.3 Å². The number of cyclic esters (lactones) is 1. The number of phenolic OH excluding ortho intramolecular Hbond substituents is 2. The van der Waals surface area contributed by atoms with Crippen LogP contribution in [0.25, 0.3) is 0 Å². The zero-order chi connectivity index (χ0) is 17.7. The van der Waals surface area contributed by atoms with Gasteiger partial charge in [-0.25, -0.2) is 4.79 Å². The van der Waals surface area contributed by atoms with Crippen LogP contribution in [0.3, 0.4) is 0 Å². The number of fused-ring (bicyclic) bond motifs is 1. The van der Waals surface area contributed by atoms with Crippen LogP contribution >= 0.6 is 11.6 Å². The summed E-state index contributed by atoms with van der Waals surface area (Å²) in [4.78, 5) is 24.6. The van der Waals surface area contributed by atoms with E-state index in [1.54, 1.807) is 6.92 Å². The SMILES string of the molecule is C[C@H]1C/C=C/CCCCC(=O)Cc2c(Cl)c(O)cc(O)c2C(=O)O1. The van der Waals surface area contributed by atoms with Crippen LogP contribution in [-0.2, 0) is 16.0 Å². The number of aromatic hydroxyl groups is 2. The molecular formula is C18H21ClO5. The lowest BCUT2D eigenvalue weighted by molar-refractivity contribution is -0.118. The van der Waals surface area contributed by atoms with E-state index in [-0.39, 0.29) is 40.2 Å². The van der Waals surface area contributed by atoms with Gasteiger partial charge in [0.25, 0.3) is 0 Å². The maximum absolute atomic E-state index is 12.4. The molecule has 1 aromatic carbocycles. The Morgan fingerprint density at radius 1 is 1.17 bits per heavy atom. The predicted molar refractivity (Wildman–Crippen MR) is 90.6 cm³/mol. The number of hydrogen-bond donors (Lipinski definition) is 2. The zero-order valence-corrected chi connectivity index (χ0v) is 14.3. The van der Waals surface area contributed by atoms with Crippen molar-refractivity contribution in [2.75, 3.05) is 0 Å². The summed E-state index contributed by atoms with van der Waals surface area (Å²) in [6.07, 6.45) is 6.85. The van der Waals surface area contributed by atoms with Crippen molar-refractivity contribution in [3.05, 3.63) is 34.4 Å². The number of rotatable bonds is 0. The van der Waals surface area contributed by atoms with Gasteiger partial charge in [0.2, 0.25) is 0 Å². The van der Waals surface area contributed by atoms with Gasteiger partial charge in [-0.15, -0.1) is 0 Å². The number of carbonyl (C=O) groups is 2. The first-order valence-electron chi connectivity index (χ1n) is 8.01. The molecule has 0 spiro atoms. The molecule has 130 valence electrons. The number of hydrogen-bond acceptors (Lipinski definition) is 5. The predicted octanol–water partition coefficient (Wildman–Crippen LogP) is 3.93. The summed E-state index contributed by atoms with van der Waals surface area (Å²) in [7, 11) is 0. The maximum Gasteiger partial charge on any atom is 0.342 e. The Bertz CT molecular complexity index is 666. The van der Waals surface area contributed by atoms with Gasteiger partial charge in [0.1, 0.15) is 28.9 Å². The minimum atomic E-state index is -0.754. The van der Waals surface area contributed by atoms with Crippen LogP contribution in [0, 0.1) is 0 Å². The molecule has 0 saturated heterocycles. The fraction of sp³-hybridized carbons (Fsp3) is 0.444. The first-order valence-corrected chi connectivity index (χ1v) is 8.39. The molecule has 5 nitrogen and oxygen atoms in total. The van der Waals surface area contributed by atoms with Crippen LogP contribution < -0.4 is 0 Å². The van der Waals surface area contributed by atoms with Gasteiger partial charge in [-0.2, -0.15) is 0 Å². The Morgan fingerprint density at radius 3 is 2.67 bits per heavy atom. The molecule has 6 heteroatoms. The average Bonchev–Trinajstić information content (AvgIpc) is 2.50.